The molecule has 0 saturated carbocycles. The van der Waals surface area contributed by atoms with Crippen molar-refractivity contribution in [2.45, 2.75) is 37.9 Å². The lowest BCUT2D eigenvalue weighted by atomic mass is 10.3. The molecule has 16 heavy (non-hydrogen) atoms. The third-order valence-corrected chi connectivity index (χ3v) is 2.90. The second kappa shape index (κ2) is 6.22. The summed E-state index contributed by atoms with van der Waals surface area (Å²) >= 11 is 1.78. The molecule has 0 aromatic carbocycles. The minimum Gasteiger partial charge on any atom is -0.370 e. The molecule has 0 radical (unpaired) electrons. The van der Waals surface area contributed by atoms with Gasteiger partial charge in [0, 0.05) is 11.3 Å². The van der Waals surface area contributed by atoms with Crippen molar-refractivity contribution in [1.29, 1.82) is 0 Å². The van der Waals surface area contributed by atoms with Gasteiger partial charge in [-0.25, -0.2) is 0 Å². The van der Waals surface area contributed by atoms with Gasteiger partial charge in [-0.1, -0.05) is 25.9 Å². The smallest absolute Gasteiger partial charge is 0.252 e. The van der Waals surface area contributed by atoms with Gasteiger partial charge >= 0.3 is 0 Å². The van der Waals surface area contributed by atoms with E-state index in [2.05, 4.69) is 30.9 Å². The van der Waals surface area contributed by atoms with E-state index in [4.69, 9.17) is 15.0 Å². The predicted molar refractivity (Wildman–Crippen MR) is 64.1 cm³/mol. The number of nitrogens with two attached hydrogens (primary N) is 1. The van der Waals surface area contributed by atoms with Gasteiger partial charge in [0.15, 0.2) is 5.82 Å². The number of hydrogen-bond acceptors (Lipinski definition) is 6. The van der Waals surface area contributed by atoms with Crippen LogP contribution in [0.15, 0.2) is 4.52 Å². The molecule has 5 nitrogen and oxygen atoms in total. The Morgan fingerprint density at radius 1 is 1.44 bits per heavy atom. The van der Waals surface area contributed by atoms with Gasteiger partial charge in [-0.3, -0.25) is 0 Å². The van der Waals surface area contributed by atoms with Crippen LogP contribution in [0.5, 0.6) is 0 Å². The number of rotatable bonds is 6. The van der Waals surface area contributed by atoms with Gasteiger partial charge in [0.2, 0.25) is 0 Å². The van der Waals surface area contributed by atoms with Crippen molar-refractivity contribution in [1.82, 2.24) is 10.1 Å². The summed E-state index contributed by atoms with van der Waals surface area (Å²) in [6.07, 6.45) is 0. The fourth-order valence-corrected chi connectivity index (χ4v) is 1.61. The SMILES string of the molecule is CC(C)(C)SCc1noc(COCCN)n1. The molecule has 1 aromatic heterocycles. The summed E-state index contributed by atoms with van der Waals surface area (Å²) in [6, 6.07) is 0. The van der Waals surface area contributed by atoms with Crippen molar-refractivity contribution in [2.24, 2.45) is 5.73 Å². The van der Waals surface area contributed by atoms with Crippen molar-refractivity contribution < 1.29 is 9.26 Å². The predicted octanol–water partition coefficient (Wildman–Crippen LogP) is 1.58. The standard InChI is InChI=1S/C10H19N3O2S/c1-10(2,3)16-7-8-12-9(15-13-8)6-14-5-4-11/h4-7,11H2,1-3H3. The van der Waals surface area contributed by atoms with E-state index in [1.54, 1.807) is 11.8 Å². The van der Waals surface area contributed by atoms with Gasteiger partial charge in [-0.15, -0.1) is 11.8 Å². The number of nitrogens with zero attached hydrogens (tertiary/aromatic N) is 2. The number of thioether (sulfide) groups is 1. The third-order valence-electron chi connectivity index (χ3n) is 1.63. The summed E-state index contributed by atoms with van der Waals surface area (Å²) in [7, 11) is 0. The first-order valence-corrected chi connectivity index (χ1v) is 6.23. The van der Waals surface area contributed by atoms with Gasteiger partial charge in [-0.2, -0.15) is 4.98 Å². The molecule has 0 spiro atoms. The molecule has 0 bridgehead atoms. The summed E-state index contributed by atoms with van der Waals surface area (Å²) in [5.41, 5.74) is 5.30. The maximum Gasteiger partial charge on any atom is 0.252 e. The molecule has 2 N–H and O–H groups in total. The zero-order chi connectivity index (χ0) is 12.0. The van der Waals surface area contributed by atoms with Gasteiger partial charge in [0.05, 0.1) is 12.4 Å². The van der Waals surface area contributed by atoms with E-state index in [0.717, 1.165) is 5.75 Å². The van der Waals surface area contributed by atoms with Crippen LogP contribution in [0.3, 0.4) is 0 Å². The Morgan fingerprint density at radius 2 is 2.19 bits per heavy atom. The number of hydrogen-bond donors (Lipinski definition) is 1. The first kappa shape index (κ1) is 13.5. The van der Waals surface area contributed by atoms with Crippen LogP contribution < -0.4 is 5.73 Å². The van der Waals surface area contributed by atoms with E-state index in [-0.39, 0.29) is 4.75 Å². The number of aromatic nitrogens is 2. The van der Waals surface area contributed by atoms with Crippen LogP contribution in [0.1, 0.15) is 32.5 Å². The maximum atomic E-state index is 5.30. The molecule has 0 atom stereocenters. The van der Waals surface area contributed by atoms with Crippen LogP contribution in [0.25, 0.3) is 0 Å². The van der Waals surface area contributed by atoms with Crippen LogP contribution in [-0.4, -0.2) is 28.0 Å². The highest BCUT2D eigenvalue weighted by atomic mass is 32.2. The fourth-order valence-electron chi connectivity index (χ4n) is 0.931. The zero-order valence-corrected chi connectivity index (χ0v) is 10.8. The summed E-state index contributed by atoms with van der Waals surface area (Å²) in [6.45, 7) is 7.81. The lowest BCUT2D eigenvalue weighted by Gasteiger charge is -2.15. The second-order valence-electron chi connectivity index (χ2n) is 4.35. The molecular weight excluding hydrogens is 226 g/mol. The van der Waals surface area contributed by atoms with Crippen LogP contribution in [0.2, 0.25) is 0 Å². The van der Waals surface area contributed by atoms with Crippen molar-refractivity contribution >= 4 is 11.8 Å². The Balaban J connectivity index is 2.33. The molecule has 1 heterocycles. The van der Waals surface area contributed by atoms with Gasteiger partial charge < -0.3 is 15.0 Å². The van der Waals surface area contributed by atoms with Crippen molar-refractivity contribution in [3.8, 4) is 0 Å². The van der Waals surface area contributed by atoms with E-state index < -0.39 is 0 Å². The Bertz CT molecular complexity index is 309. The minimum atomic E-state index is 0.205. The molecule has 0 aliphatic heterocycles. The van der Waals surface area contributed by atoms with Gasteiger partial charge in [0.25, 0.3) is 5.89 Å². The van der Waals surface area contributed by atoms with Gasteiger partial charge in [-0.05, 0) is 0 Å². The average Bonchev–Trinajstić information content (AvgIpc) is 2.62. The van der Waals surface area contributed by atoms with Crippen molar-refractivity contribution in [2.75, 3.05) is 13.2 Å². The Kier molecular flexibility index (Phi) is 5.24. The van der Waals surface area contributed by atoms with Gasteiger partial charge in [0.1, 0.15) is 6.61 Å². The molecule has 0 aliphatic rings. The third kappa shape index (κ3) is 5.48. The Morgan fingerprint density at radius 3 is 2.81 bits per heavy atom. The topological polar surface area (TPSA) is 74.2 Å². The summed E-state index contributed by atoms with van der Waals surface area (Å²) in [4.78, 5) is 4.22. The molecule has 6 heteroatoms. The van der Waals surface area contributed by atoms with Crippen molar-refractivity contribution in [3.63, 3.8) is 0 Å². The van der Waals surface area contributed by atoms with Crippen LogP contribution >= 0.6 is 11.8 Å². The summed E-state index contributed by atoms with van der Waals surface area (Å²) in [5, 5.41) is 3.88. The fraction of sp³-hybridized carbons (Fsp3) is 0.800. The van der Waals surface area contributed by atoms with E-state index >= 15 is 0 Å². The van der Waals surface area contributed by atoms with Crippen LogP contribution in [0.4, 0.5) is 0 Å². The first-order valence-electron chi connectivity index (χ1n) is 5.24. The molecule has 1 rings (SSSR count). The first-order chi connectivity index (χ1) is 7.51. The molecule has 0 aliphatic carbocycles. The molecule has 0 amide bonds. The Hall–Kier alpha value is -0.590. The summed E-state index contributed by atoms with van der Waals surface area (Å²) in [5.74, 6) is 1.98. The van der Waals surface area contributed by atoms with Crippen molar-refractivity contribution in [3.05, 3.63) is 11.7 Å². The summed E-state index contributed by atoms with van der Waals surface area (Å²) < 4.78 is 10.4. The van der Waals surface area contributed by atoms with E-state index in [9.17, 15) is 0 Å². The quantitative estimate of drug-likeness (QED) is 0.767. The lowest BCUT2D eigenvalue weighted by Crippen LogP contribution is -2.08. The highest BCUT2D eigenvalue weighted by Gasteiger charge is 2.13. The highest BCUT2D eigenvalue weighted by molar-refractivity contribution is 7.99. The minimum absolute atomic E-state index is 0.205. The highest BCUT2D eigenvalue weighted by Crippen LogP contribution is 2.25. The second-order valence-corrected chi connectivity index (χ2v) is 6.15. The van der Waals surface area contributed by atoms with Crippen LogP contribution in [-0.2, 0) is 17.1 Å². The van der Waals surface area contributed by atoms with E-state index in [0.29, 0.717) is 31.5 Å². The molecule has 0 unspecified atom stereocenters. The monoisotopic (exact) mass is 245 g/mol. The Labute approximate surface area is 100 Å². The van der Waals surface area contributed by atoms with E-state index in [1.165, 1.54) is 0 Å². The largest absolute Gasteiger partial charge is 0.370 e. The zero-order valence-electron chi connectivity index (χ0n) is 10.0. The number of ether oxygens (including phenoxy) is 1. The molecule has 0 saturated heterocycles. The van der Waals surface area contributed by atoms with E-state index in [1.807, 2.05) is 0 Å². The maximum absolute atomic E-state index is 5.30. The normalized spacial score (nSPS) is 12.0. The molecule has 92 valence electrons. The average molecular weight is 245 g/mol. The molecular formula is C10H19N3O2S. The molecule has 0 fully saturated rings. The van der Waals surface area contributed by atoms with Crippen LogP contribution in [0, 0.1) is 0 Å². The lowest BCUT2D eigenvalue weighted by molar-refractivity contribution is 0.104. The molecule has 1 aromatic rings.